The molecule has 3 unspecified atom stereocenters. The van der Waals surface area contributed by atoms with Crippen LogP contribution in [0.15, 0.2) is 0 Å². The Hall–Kier alpha value is -1.14. The van der Waals surface area contributed by atoms with E-state index in [1.807, 2.05) is 0 Å². The van der Waals surface area contributed by atoms with E-state index in [1.165, 1.54) is 10.6 Å². The van der Waals surface area contributed by atoms with E-state index in [9.17, 15) is 4.79 Å². The predicted molar refractivity (Wildman–Crippen MR) is 92.0 cm³/mol. The smallest absolute Gasteiger partial charge is 0.315 e. The molecule has 128 valence electrons. The Labute approximate surface area is 142 Å². The Kier molecular flexibility index (Phi) is 5.54. The number of nitrogens with zero attached hydrogens (tertiary/aromatic N) is 1. The number of urea groups is 1. The SMILES string of the molecule is CCc1nc(CCNC(=O)NC2CCCC3OCCC23)sc1C. The molecule has 2 fully saturated rings. The lowest BCUT2D eigenvalue weighted by atomic mass is 9.82. The van der Waals surface area contributed by atoms with Gasteiger partial charge in [0.1, 0.15) is 0 Å². The third-order valence-corrected chi connectivity index (χ3v) is 6.07. The van der Waals surface area contributed by atoms with Crippen LogP contribution in [0.2, 0.25) is 0 Å². The van der Waals surface area contributed by atoms with Gasteiger partial charge in [-0.1, -0.05) is 6.92 Å². The van der Waals surface area contributed by atoms with E-state index >= 15 is 0 Å². The first-order valence-electron chi connectivity index (χ1n) is 8.78. The molecule has 1 aliphatic carbocycles. The number of rotatable bonds is 5. The van der Waals surface area contributed by atoms with Crippen LogP contribution in [0.3, 0.4) is 0 Å². The Bertz CT molecular complexity index is 546. The fourth-order valence-corrected chi connectivity index (χ4v) is 4.80. The molecule has 2 aliphatic rings. The largest absolute Gasteiger partial charge is 0.378 e. The molecule has 23 heavy (non-hydrogen) atoms. The first kappa shape index (κ1) is 16.7. The fourth-order valence-electron chi connectivity index (χ4n) is 3.78. The molecule has 2 amide bonds. The van der Waals surface area contributed by atoms with E-state index in [-0.39, 0.29) is 12.1 Å². The summed E-state index contributed by atoms with van der Waals surface area (Å²) in [5.74, 6) is 0.503. The third kappa shape index (κ3) is 4.04. The molecule has 0 radical (unpaired) electrons. The molecule has 1 aromatic heterocycles. The van der Waals surface area contributed by atoms with Crippen molar-refractivity contribution in [3.05, 3.63) is 15.6 Å². The maximum Gasteiger partial charge on any atom is 0.315 e. The molecule has 3 rings (SSSR count). The molecule has 1 saturated heterocycles. The summed E-state index contributed by atoms with van der Waals surface area (Å²) in [6.45, 7) is 5.72. The van der Waals surface area contributed by atoms with Gasteiger partial charge in [0.25, 0.3) is 0 Å². The summed E-state index contributed by atoms with van der Waals surface area (Å²) in [5.41, 5.74) is 1.18. The van der Waals surface area contributed by atoms with Gasteiger partial charge in [0.15, 0.2) is 0 Å². The van der Waals surface area contributed by atoms with Crippen LogP contribution in [0, 0.1) is 12.8 Å². The zero-order valence-corrected chi connectivity index (χ0v) is 14.9. The molecule has 2 heterocycles. The van der Waals surface area contributed by atoms with Crippen LogP contribution in [0.25, 0.3) is 0 Å². The number of aryl methyl sites for hydroxylation is 2. The number of fused-ring (bicyclic) bond motifs is 1. The van der Waals surface area contributed by atoms with Crippen molar-refractivity contribution >= 4 is 17.4 Å². The average molecular weight is 337 g/mol. The maximum atomic E-state index is 12.1. The van der Waals surface area contributed by atoms with E-state index in [0.717, 1.165) is 50.1 Å². The number of amides is 2. The normalized spacial score (nSPS) is 26.8. The molecule has 0 aromatic carbocycles. The molecule has 0 spiro atoms. The van der Waals surface area contributed by atoms with Gasteiger partial charge < -0.3 is 15.4 Å². The van der Waals surface area contributed by atoms with Crippen molar-refractivity contribution in [2.24, 2.45) is 5.92 Å². The van der Waals surface area contributed by atoms with Gasteiger partial charge >= 0.3 is 6.03 Å². The average Bonchev–Trinajstić information content (AvgIpc) is 3.14. The van der Waals surface area contributed by atoms with E-state index in [2.05, 4.69) is 29.5 Å². The van der Waals surface area contributed by atoms with Crippen LogP contribution in [-0.2, 0) is 17.6 Å². The molecule has 1 aliphatic heterocycles. The monoisotopic (exact) mass is 337 g/mol. The van der Waals surface area contributed by atoms with E-state index in [4.69, 9.17) is 4.74 Å². The van der Waals surface area contributed by atoms with Gasteiger partial charge in [0.2, 0.25) is 0 Å². The zero-order chi connectivity index (χ0) is 16.2. The van der Waals surface area contributed by atoms with Crippen LogP contribution in [0.1, 0.15) is 48.2 Å². The highest BCUT2D eigenvalue weighted by molar-refractivity contribution is 7.11. The molecule has 2 N–H and O–H groups in total. The summed E-state index contributed by atoms with van der Waals surface area (Å²) < 4.78 is 5.75. The maximum absolute atomic E-state index is 12.1. The lowest BCUT2D eigenvalue weighted by Crippen LogP contribution is -2.49. The number of aromatic nitrogens is 1. The standard InChI is InChI=1S/C17H27N3O2S/c1-3-13-11(2)23-16(19-13)7-9-18-17(21)20-14-5-4-6-15-12(14)8-10-22-15/h12,14-15H,3-10H2,1-2H3,(H2,18,20,21). The summed E-state index contributed by atoms with van der Waals surface area (Å²) in [4.78, 5) is 18.0. The second-order valence-electron chi connectivity index (χ2n) is 6.51. The number of carbonyl (C=O) groups excluding carboxylic acids is 1. The molecular weight excluding hydrogens is 310 g/mol. The summed E-state index contributed by atoms with van der Waals surface area (Å²) in [5, 5.41) is 7.25. The highest BCUT2D eigenvalue weighted by atomic mass is 32.1. The van der Waals surface area contributed by atoms with E-state index in [1.54, 1.807) is 11.3 Å². The van der Waals surface area contributed by atoms with Crippen LogP contribution in [0.5, 0.6) is 0 Å². The number of hydrogen-bond acceptors (Lipinski definition) is 4. The van der Waals surface area contributed by atoms with Crippen molar-refractivity contribution in [2.75, 3.05) is 13.2 Å². The molecule has 6 heteroatoms. The fraction of sp³-hybridized carbons (Fsp3) is 0.765. The zero-order valence-electron chi connectivity index (χ0n) is 14.1. The number of thiazole rings is 1. The van der Waals surface area contributed by atoms with Gasteiger partial charge in [-0.3, -0.25) is 0 Å². The molecule has 1 saturated carbocycles. The van der Waals surface area contributed by atoms with Gasteiger partial charge in [-0.15, -0.1) is 11.3 Å². The first-order valence-corrected chi connectivity index (χ1v) is 9.60. The number of ether oxygens (including phenoxy) is 1. The predicted octanol–water partition coefficient (Wildman–Crippen LogP) is 2.81. The molecular formula is C17H27N3O2S. The van der Waals surface area contributed by atoms with Crippen molar-refractivity contribution in [2.45, 2.75) is 64.5 Å². The molecule has 3 atom stereocenters. The van der Waals surface area contributed by atoms with E-state index in [0.29, 0.717) is 18.6 Å². The van der Waals surface area contributed by atoms with Crippen molar-refractivity contribution in [3.63, 3.8) is 0 Å². The summed E-state index contributed by atoms with van der Waals surface area (Å²) in [7, 11) is 0. The minimum absolute atomic E-state index is 0.0495. The van der Waals surface area contributed by atoms with Gasteiger partial charge in [-0.05, 0) is 39.0 Å². The Morgan fingerprint density at radius 1 is 1.39 bits per heavy atom. The van der Waals surface area contributed by atoms with Crippen LogP contribution < -0.4 is 10.6 Å². The van der Waals surface area contributed by atoms with Crippen molar-refractivity contribution in [1.82, 2.24) is 15.6 Å². The number of carbonyl (C=O) groups is 1. The summed E-state index contributed by atoms with van der Waals surface area (Å²) in [6.07, 6.45) is 6.58. The Morgan fingerprint density at radius 2 is 2.26 bits per heavy atom. The molecule has 0 bridgehead atoms. The lowest BCUT2D eigenvalue weighted by Gasteiger charge is -2.33. The highest BCUT2D eigenvalue weighted by Crippen LogP contribution is 2.34. The van der Waals surface area contributed by atoms with Crippen LogP contribution >= 0.6 is 11.3 Å². The van der Waals surface area contributed by atoms with Crippen LogP contribution in [-0.4, -0.2) is 36.3 Å². The minimum Gasteiger partial charge on any atom is -0.378 e. The topological polar surface area (TPSA) is 63.2 Å². The minimum atomic E-state index is -0.0495. The van der Waals surface area contributed by atoms with Crippen LogP contribution in [0.4, 0.5) is 4.79 Å². The van der Waals surface area contributed by atoms with Gasteiger partial charge in [-0.2, -0.15) is 0 Å². The third-order valence-electron chi connectivity index (χ3n) is 4.99. The summed E-state index contributed by atoms with van der Waals surface area (Å²) >= 11 is 1.74. The molecule has 5 nitrogen and oxygen atoms in total. The number of nitrogens with one attached hydrogen (secondary N) is 2. The Morgan fingerprint density at radius 3 is 3.04 bits per heavy atom. The van der Waals surface area contributed by atoms with Crippen molar-refractivity contribution in [1.29, 1.82) is 0 Å². The van der Waals surface area contributed by atoms with Crippen molar-refractivity contribution in [3.8, 4) is 0 Å². The van der Waals surface area contributed by atoms with Gasteiger partial charge in [-0.25, -0.2) is 9.78 Å². The Balaban J connectivity index is 1.42. The first-order chi connectivity index (χ1) is 11.2. The summed E-state index contributed by atoms with van der Waals surface area (Å²) in [6, 6.07) is 0.219. The highest BCUT2D eigenvalue weighted by Gasteiger charge is 2.38. The lowest BCUT2D eigenvalue weighted by molar-refractivity contribution is 0.0549. The second kappa shape index (κ2) is 7.62. The van der Waals surface area contributed by atoms with Gasteiger partial charge in [0, 0.05) is 36.4 Å². The quantitative estimate of drug-likeness (QED) is 0.868. The second-order valence-corrected chi connectivity index (χ2v) is 7.80. The van der Waals surface area contributed by atoms with E-state index < -0.39 is 0 Å². The van der Waals surface area contributed by atoms with Gasteiger partial charge in [0.05, 0.1) is 16.8 Å². The van der Waals surface area contributed by atoms with Crippen molar-refractivity contribution < 1.29 is 9.53 Å². The molecule has 1 aromatic rings. The number of hydrogen-bond donors (Lipinski definition) is 2.